The minimum Gasteiger partial charge on any atom is -0.329 e. The molecule has 1 aliphatic rings. The lowest BCUT2D eigenvalue weighted by Gasteiger charge is -2.35. The predicted octanol–water partition coefficient (Wildman–Crippen LogP) is 1.18. The van der Waals surface area contributed by atoms with Crippen LogP contribution >= 0.6 is 12.4 Å². The fourth-order valence-corrected chi connectivity index (χ4v) is 1.56. The zero-order valence-corrected chi connectivity index (χ0v) is 9.12. The number of nitrogens with zero attached hydrogens (tertiary/aromatic N) is 1. The third-order valence-corrected chi connectivity index (χ3v) is 2.32. The van der Waals surface area contributed by atoms with Crippen molar-refractivity contribution in [2.75, 3.05) is 19.6 Å². The quantitative estimate of drug-likeness (QED) is 0.754. The van der Waals surface area contributed by atoms with E-state index in [9.17, 15) is 18.0 Å². The third kappa shape index (κ3) is 3.53. The first-order valence-corrected chi connectivity index (χ1v) is 4.55. The van der Waals surface area contributed by atoms with E-state index in [2.05, 4.69) is 5.32 Å². The predicted molar refractivity (Wildman–Crippen MR) is 52.0 cm³/mol. The van der Waals surface area contributed by atoms with E-state index in [1.807, 2.05) is 0 Å². The standard InChI is InChI=1S/C8H13F3N2O.ClH/c1-2-6-5-12-3-4-13(6)7(14)8(9,10)11;/h6,12H,2-5H2,1H3;1H. The highest BCUT2D eigenvalue weighted by molar-refractivity contribution is 5.85. The SMILES string of the molecule is CCC1CNCCN1C(=O)C(F)(F)F.Cl. The largest absolute Gasteiger partial charge is 0.471 e. The maximum absolute atomic E-state index is 12.1. The Morgan fingerprint density at radius 1 is 1.53 bits per heavy atom. The van der Waals surface area contributed by atoms with Gasteiger partial charge in [-0.25, -0.2) is 0 Å². The Bertz CT molecular complexity index is 222. The summed E-state index contributed by atoms with van der Waals surface area (Å²) in [5.74, 6) is -1.72. The van der Waals surface area contributed by atoms with Crippen LogP contribution in [0.4, 0.5) is 13.2 Å². The topological polar surface area (TPSA) is 32.3 Å². The molecule has 0 bridgehead atoms. The smallest absolute Gasteiger partial charge is 0.329 e. The zero-order chi connectivity index (χ0) is 10.8. The van der Waals surface area contributed by atoms with E-state index in [1.54, 1.807) is 6.92 Å². The van der Waals surface area contributed by atoms with Gasteiger partial charge < -0.3 is 10.2 Å². The van der Waals surface area contributed by atoms with Crippen LogP contribution in [-0.2, 0) is 4.79 Å². The maximum Gasteiger partial charge on any atom is 0.471 e. The molecule has 0 spiro atoms. The van der Waals surface area contributed by atoms with Crippen molar-refractivity contribution in [2.24, 2.45) is 0 Å². The molecule has 1 fully saturated rings. The Kier molecular flexibility index (Phi) is 5.37. The van der Waals surface area contributed by atoms with Crippen molar-refractivity contribution in [2.45, 2.75) is 25.6 Å². The number of hydrogen-bond acceptors (Lipinski definition) is 2. The first-order chi connectivity index (χ1) is 6.46. The number of halogens is 4. The first-order valence-electron chi connectivity index (χ1n) is 4.55. The molecule has 1 unspecified atom stereocenters. The Labute approximate surface area is 92.4 Å². The van der Waals surface area contributed by atoms with Crippen molar-refractivity contribution in [1.29, 1.82) is 0 Å². The zero-order valence-electron chi connectivity index (χ0n) is 8.30. The van der Waals surface area contributed by atoms with Gasteiger partial charge in [0.1, 0.15) is 0 Å². The van der Waals surface area contributed by atoms with Gasteiger partial charge in [-0.05, 0) is 6.42 Å². The molecule has 1 atom stereocenters. The van der Waals surface area contributed by atoms with Gasteiger partial charge in [-0.2, -0.15) is 13.2 Å². The van der Waals surface area contributed by atoms with Gasteiger partial charge in [0.05, 0.1) is 0 Å². The van der Waals surface area contributed by atoms with E-state index >= 15 is 0 Å². The Morgan fingerprint density at radius 3 is 2.60 bits per heavy atom. The highest BCUT2D eigenvalue weighted by Crippen LogP contribution is 2.21. The van der Waals surface area contributed by atoms with Gasteiger partial charge in [0.2, 0.25) is 0 Å². The van der Waals surface area contributed by atoms with Crippen molar-refractivity contribution >= 4 is 18.3 Å². The number of alkyl halides is 3. The van der Waals surface area contributed by atoms with Gasteiger partial charge in [-0.3, -0.25) is 4.79 Å². The van der Waals surface area contributed by atoms with E-state index in [-0.39, 0.29) is 25.0 Å². The summed E-state index contributed by atoms with van der Waals surface area (Å²) in [4.78, 5) is 11.9. The van der Waals surface area contributed by atoms with Crippen LogP contribution in [0.25, 0.3) is 0 Å². The van der Waals surface area contributed by atoms with Crippen molar-refractivity contribution in [3.63, 3.8) is 0 Å². The van der Waals surface area contributed by atoms with Crippen LogP contribution in [0.2, 0.25) is 0 Å². The molecular weight excluding hydrogens is 233 g/mol. The Hall–Kier alpha value is -0.490. The molecule has 1 aliphatic heterocycles. The number of nitrogens with one attached hydrogen (secondary N) is 1. The number of rotatable bonds is 1. The van der Waals surface area contributed by atoms with Crippen molar-refractivity contribution in [1.82, 2.24) is 10.2 Å². The summed E-state index contributed by atoms with van der Waals surface area (Å²) < 4.78 is 36.4. The molecule has 7 heteroatoms. The molecule has 1 rings (SSSR count). The highest BCUT2D eigenvalue weighted by Gasteiger charge is 2.44. The van der Waals surface area contributed by atoms with Gasteiger partial charge >= 0.3 is 12.1 Å². The second-order valence-corrected chi connectivity index (χ2v) is 3.26. The lowest BCUT2D eigenvalue weighted by molar-refractivity contribution is -0.188. The average Bonchev–Trinajstić information content (AvgIpc) is 2.15. The van der Waals surface area contributed by atoms with E-state index < -0.39 is 12.1 Å². The van der Waals surface area contributed by atoms with E-state index in [0.717, 1.165) is 4.90 Å². The molecule has 1 heterocycles. The van der Waals surface area contributed by atoms with Gasteiger partial charge in [0.25, 0.3) is 0 Å². The maximum atomic E-state index is 12.1. The van der Waals surface area contributed by atoms with E-state index in [0.29, 0.717) is 19.5 Å². The summed E-state index contributed by atoms with van der Waals surface area (Å²) in [6.45, 7) is 2.78. The monoisotopic (exact) mass is 246 g/mol. The normalized spacial score (nSPS) is 22.1. The van der Waals surface area contributed by atoms with Crippen LogP contribution in [0.1, 0.15) is 13.3 Å². The van der Waals surface area contributed by atoms with Gasteiger partial charge in [-0.1, -0.05) is 6.92 Å². The molecule has 90 valence electrons. The van der Waals surface area contributed by atoms with Gasteiger partial charge in [0.15, 0.2) is 0 Å². The average molecular weight is 247 g/mol. The summed E-state index contributed by atoms with van der Waals surface area (Å²) in [5.41, 5.74) is 0. The number of carbonyl (C=O) groups excluding carboxylic acids is 1. The molecule has 1 amide bonds. The van der Waals surface area contributed by atoms with Crippen LogP contribution in [0.15, 0.2) is 0 Å². The molecule has 1 N–H and O–H groups in total. The molecule has 0 aromatic heterocycles. The molecule has 0 aromatic rings. The lowest BCUT2D eigenvalue weighted by atomic mass is 10.1. The van der Waals surface area contributed by atoms with Crippen LogP contribution in [0.5, 0.6) is 0 Å². The molecule has 3 nitrogen and oxygen atoms in total. The number of amides is 1. The van der Waals surface area contributed by atoms with Gasteiger partial charge in [-0.15, -0.1) is 12.4 Å². The number of piperazine rings is 1. The second kappa shape index (κ2) is 5.55. The fraction of sp³-hybridized carbons (Fsp3) is 0.875. The highest BCUT2D eigenvalue weighted by atomic mass is 35.5. The van der Waals surface area contributed by atoms with E-state index in [1.165, 1.54) is 0 Å². The molecule has 0 aliphatic carbocycles. The molecule has 1 saturated heterocycles. The third-order valence-electron chi connectivity index (χ3n) is 2.32. The number of hydrogen-bond donors (Lipinski definition) is 1. The van der Waals surface area contributed by atoms with E-state index in [4.69, 9.17) is 0 Å². The summed E-state index contributed by atoms with van der Waals surface area (Å²) >= 11 is 0. The Balaban J connectivity index is 0.00000196. The summed E-state index contributed by atoms with van der Waals surface area (Å²) in [6.07, 6.45) is -4.21. The summed E-state index contributed by atoms with van der Waals surface area (Å²) in [7, 11) is 0. The Morgan fingerprint density at radius 2 is 2.13 bits per heavy atom. The van der Waals surface area contributed by atoms with Crippen molar-refractivity contribution in [3.05, 3.63) is 0 Å². The molecule has 0 saturated carbocycles. The van der Waals surface area contributed by atoms with Crippen LogP contribution < -0.4 is 5.32 Å². The minimum absolute atomic E-state index is 0. The molecule has 0 aromatic carbocycles. The minimum atomic E-state index is -4.75. The number of carbonyl (C=O) groups is 1. The van der Waals surface area contributed by atoms with Gasteiger partial charge in [0, 0.05) is 25.7 Å². The van der Waals surface area contributed by atoms with Crippen molar-refractivity contribution in [3.8, 4) is 0 Å². The van der Waals surface area contributed by atoms with Crippen LogP contribution in [-0.4, -0.2) is 42.7 Å². The molecule has 15 heavy (non-hydrogen) atoms. The molecule has 0 radical (unpaired) electrons. The summed E-state index contributed by atoms with van der Waals surface area (Å²) in [5, 5.41) is 2.96. The van der Waals surface area contributed by atoms with Crippen LogP contribution in [0.3, 0.4) is 0 Å². The lowest BCUT2D eigenvalue weighted by Crippen LogP contribution is -2.56. The second-order valence-electron chi connectivity index (χ2n) is 3.26. The molecular formula is C8H14ClF3N2O. The van der Waals surface area contributed by atoms with Crippen molar-refractivity contribution < 1.29 is 18.0 Å². The van der Waals surface area contributed by atoms with Crippen LogP contribution in [0, 0.1) is 0 Å². The summed E-state index contributed by atoms with van der Waals surface area (Å²) in [6, 6.07) is -0.335. The fourth-order valence-electron chi connectivity index (χ4n) is 1.56. The first kappa shape index (κ1) is 14.5.